The predicted octanol–water partition coefficient (Wildman–Crippen LogP) is 3.59. The van der Waals surface area contributed by atoms with Crippen LogP contribution in [-0.4, -0.2) is 5.97 Å². The lowest BCUT2D eigenvalue weighted by Gasteiger charge is -1.99. The first-order valence-electron chi connectivity index (χ1n) is 5.18. The molecule has 0 atom stereocenters. The molecule has 0 heterocycles. The van der Waals surface area contributed by atoms with Crippen molar-refractivity contribution in [3.63, 3.8) is 0 Å². The van der Waals surface area contributed by atoms with Crippen molar-refractivity contribution in [3.05, 3.63) is 24.5 Å². The molecular formula is C12H20O2. The molecule has 0 unspecified atom stereocenters. The second-order valence-electron chi connectivity index (χ2n) is 3.38. The maximum atomic E-state index is 10.4. The Morgan fingerprint density at radius 2 is 2.07 bits per heavy atom. The van der Waals surface area contributed by atoms with Gasteiger partial charge in [0, 0.05) is 6.92 Å². The molecule has 14 heavy (non-hydrogen) atoms. The lowest BCUT2D eigenvalue weighted by atomic mass is 10.1. The second kappa shape index (κ2) is 8.54. The van der Waals surface area contributed by atoms with E-state index >= 15 is 0 Å². The third-order valence-electron chi connectivity index (χ3n) is 1.89. The van der Waals surface area contributed by atoms with E-state index in [1.165, 1.54) is 32.4 Å². The highest BCUT2D eigenvalue weighted by Gasteiger charge is 1.91. The van der Waals surface area contributed by atoms with Crippen LogP contribution < -0.4 is 0 Å². The number of hydrogen-bond acceptors (Lipinski definition) is 2. The Bertz CT molecular complexity index is 204. The van der Waals surface area contributed by atoms with Crippen molar-refractivity contribution in [3.8, 4) is 0 Å². The summed E-state index contributed by atoms with van der Waals surface area (Å²) in [5.74, 6) is -0.292. The van der Waals surface area contributed by atoms with Crippen LogP contribution in [0.15, 0.2) is 24.5 Å². The Labute approximate surface area is 86.6 Å². The monoisotopic (exact) mass is 196 g/mol. The molecule has 0 radical (unpaired) electrons. The van der Waals surface area contributed by atoms with Crippen molar-refractivity contribution in [1.82, 2.24) is 0 Å². The summed E-state index contributed by atoms with van der Waals surface area (Å²) >= 11 is 0. The molecule has 0 fully saturated rings. The zero-order valence-corrected chi connectivity index (χ0v) is 9.21. The van der Waals surface area contributed by atoms with Gasteiger partial charge in [0.1, 0.15) is 0 Å². The highest BCUT2D eigenvalue weighted by atomic mass is 16.5. The molecule has 0 N–H and O–H groups in total. The Kier molecular flexibility index (Phi) is 7.90. The van der Waals surface area contributed by atoms with Crippen molar-refractivity contribution >= 4 is 5.97 Å². The minimum Gasteiger partial charge on any atom is -0.435 e. The molecule has 0 saturated heterocycles. The van der Waals surface area contributed by atoms with Gasteiger partial charge in [0.25, 0.3) is 0 Å². The third kappa shape index (κ3) is 9.04. The fourth-order valence-corrected chi connectivity index (χ4v) is 1.09. The van der Waals surface area contributed by atoms with Crippen LogP contribution in [0.5, 0.6) is 0 Å². The van der Waals surface area contributed by atoms with Gasteiger partial charge in [0.2, 0.25) is 0 Å². The summed E-state index contributed by atoms with van der Waals surface area (Å²) in [4.78, 5) is 10.4. The number of ether oxygens (including phenoxy) is 1. The SMILES string of the molecule is C=C(/C=C/OC(C)=O)CCCCCC. The number of unbranched alkanes of at least 4 members (excludes halogenated alkanes) is 3. The van der Waals surface area contributed by atoms with Gasteiger partial charge in [-0.1, -0.05) is 38.3 Å². The summed E-state index contributed by atoms with van der Waals surface area (Å²) < 4.78 is 4.66. The summed E-state index contributed by atoms with van der Waals surface area (Å²) in [6.45, 7) is 7.44. The highest BCUT2D eigenvalue weighted by Crippen LogP contribution is 2.09. The minimum absolute atomic E-state index is 0.292. The molecule has 0 rings (SSSR count). The quantitative estimate of drug-likeness (QED) is 0.269. The van der Waals surface area contributed by atoms with Gasteiger partial charge in [0.05, 0.1) is 6.26 Å². The summed E-state index contributed by atoms with van der Waals surface area (Å²) in [6, 6.07) is 0. The van der Waals surface area contributed by atoms with Crippen LogP contribution in [0.2, 0.25) is 0 Å². The zero-order chi connectivity index (χ0) is 10.8. The van der Waals surface area contributed by atoms with E-state index in [1.807, 2.05) is 0 Å². The van der Waals surface area contributed by atoms with Gasteiger partial charge >= 0.3 is 5.97 Å². The van der Waals surface area contributed by atoms with E-state index in [-0.39, 0.29) is 5.97 Å². The van der Waals surface area contributed by atoms with Crippen LogP contribution in [0.3, 0.4) is 0 Å². The van der Waals surface area contributed by atoms with Crippen LogP contribution >= 0.6 is 0 Å². The first-order valence-corrected chi connectivity index (χ1v) is 5.18. The van der Waals surface area contributed by atoms with Crippen LogP contribution in [-0.2, 0) is 9.53 Å². The topological polar surface area (TPSA) is 26.3 Å². The van der Waals surface area contributed by atoms with Gasteiger partial charge in [-0.15, -0.1) is 0 Å². The standard InChI is InChI=1S/C12H20O2/c1-4-5-6-7-8-11(2)9-10-14-12(3)13/h9-10H,2,4-8H2,1,3H3/b10-9+. The van der Waals surface area contributed by atoms with E-state index in [0.717, 1.165) is 18.4 Å². The fourth-order valence-electron chi connectivity index (χ4n) is 1.09. The maximum absolute atomic E-state index is 10.4. The van der Waals surface area contributed by atoms with Crippen LogP contribution in [0.25, 0.3) is 0 Å². The van der Waals surface area contributed by atoms with E-state index < -0.39 is 0 Å². The summed E-state index contributed by atoms with van der Waals surface area (Å²) in [7, 11) is 0. The molecule has 0 aliphatic carbocycles. The zero-order valence-electron chi connectivity index (χ0n) is 9.21. The third-order valence-corrected chi connectivity index (χ3v) is 1.89. The molecule has 80 valence electrons. The first kappa shape index (κ1) is 12.9. The van der Waals surface area contributed by atoms with Crippen LogP contribution in [0, 0.1) is 0 Å². The number of hydrogen-bond donors (Lipinski definition) is 0. The molecule has 0 amide bonds. The Morgan fingerprint density at radius 3 is 2.64 bits per heavy atom. The van der Waals surface area contributed by atoms with Gasteiger partial charge in [0.15, 0.2) is 0 Å². The van der Waals surface area contributed by atoms with Gasteiger partial charge in [-0.25, -0.2) is 0 Å². The van der Waals surface area contributed by atoms with E-state index in [0.29, 0.717) is 0 Å². The lowest BCUT2D eigenvalue weighted by molar-refractivity contribution is -0.135. The lowest BCUT2D eigenvalue weighted by Crippen LogP contribution is -1.89. The minimum atomic E-state index is -0.292. The van der Waals surface area contributed by atoms with E-state index in [4.69, 9.17) is 0 Å². The summed E-state index contributed by atoms with van der Waals surface area (Å²) in [5, 5.41) is 0. The second-order valence-corrected chi connectivity index (χ2v) is 3.38. The van der Waals surface area contributed by atoms with E-state index in [2.05, 4.69) is 18.2 Å². The normalized spacial score (nSPS) is 10.4. The Hall–Kier alpha value is -1.05. The first-order chi connectivity index (χ1) is 6.66. The van der Waals surface area contributed by atoms with Crippen molar-refractivity contribution in [2.24, 2.45) is 0 Å². The largest absolute Gasteiger partial charge is 0.435 e. The molecular weight excluding hydrogens is 176 g/mol. The maximum Gasteiger partial charge on any atom is 0.307 e. The van der Waals surface area contributed by atoms with Gasteiger partial charge < -0.3 is 4.74 Å². The smallest absolute Gasteiger partial charge is 0.307 e. The van der Waals surface area contributed by atoms with Crippen molar-refractivity contribution in [2.45, 2.75) is 46.0 Å². The van der Waals surface area contributed by atoms with Crippen molar-refractivity contribution in [2.75, 3.05) is 0 Å². The fraction of sp³-hybridized carbons (Fsp3) is 0.583. The number of carbonyl (C=O) groups is 1. The predicted molar refractivity (Wildman–Crippen MR) is 58.8 cm³/mol. The van der Waals surface area contributed by atoms with Gasteiger partial charge in [-0.3, -0.25) is 4.79 Å². The molecule has 2 heteroatoms. The van der Waals surface area contributed by atoms with Gasteiger partial charge in [-0.05, 0) is 18.9 Å². The van der Waals surface area contributed by atoms with Crippen LogP contribution in [0.1, 0.15) is 46.0 Å². The number of carbonyl (C=O) groups excluding carboxylic acids is 1. The van der Waals surface area contributed by atoms with Gasteiger partial charge in [-0.2, -0.15) is 0 Å². The molecule has 2 nitrogen and oxygen atoms in total. The van der Waals surface area contributed by atoms with Crippen molar-refractivity contribution < 1.29 is 9.53 Å². The number of rotatable bonds is 7. The molecule has 0 aromatic carbocycles. The summed E-state index contributed by atoms with van der Waals surface area (Å²) in [5.41, 5.74) is 1.02. The molecule has 0 saturated carbocycles. The number of esters is 1. The Morgan fingerprint density at radius 1 is 1.36 bits per heavy atom. The Balaban J connectivity index is 3.45. The molecule has 0 aromatic heterocycles. The molecule has 0 aromatic rings. The summed E-state index contributed by atoms with van der Waals surface area (Å²) in [6.07, 6.45) is 9.08. The molecule has 0 aliphatic heterocycles. The highest BCUT2D eigenvalue weighted by molar-refractivity contribution is 5.66. The molecule has 0 aliphatic rings. The van der Waals surface area contributed by atoms with E-state index in [9.17, 15) is 4.79 Å². The van der Waals surface area contributed by atoms with Crippen molar-refractivity contribution in [1.29, 1.82) is 0 Å². The average Bonchev–Trinajstić information content (AvgIpc) is 2.12. The number of allylic oxidation sites excluding steroid dienone is 2. The molecule has 0 bridgehead atoms. The van der Waals surface area contributed by atoms with E-state index in [1.54, 1.807) is 6.08 Å². The van der Waals surface area contributed by atoms with Crippen LogP contribution in [0.4, 0.5) is 0 Å². The average molecular weight is 196 g/mol. The molecule has 0 spiro atoms.